The minimum absolute atomic E-state index is 0.00641. The second kappa shape index (κ2) is 9.15. The van der Waals surface area contributed by atoms with Crippen LogP contribution in [0.15, 0.2) is 23.1 Å². The van der Waals surface area contributed by atoms with Gasteiger partial charge in [-0.3, -0.25) is 9.69 Å². The second-order valence-electron chi connectivity index (χ2n) is 7.02. The highest BCUT2D eigenvalue weighted by Crippen LogP contribution is 2.34. The van der Waals surface area contributed by atoms with Crippen LogP contribution in [0, 0.1) is 11.6 Å². The van der Waals surface area contributed by atoms with Crippen molar-refractivity contribution in [3.05, 3.63) is 29.8 Å². The molecule has 2 fully saturated rings. The minimum atomic E-state index is -0.499. The van der Waals surface area contributed by atoms with E-state index in [4.69, 9.17) is 4.74 Å². The molecule has 0 bridgehead atoms. The molecule has 0 aromatic heterocycles. The first kappa shape index (κ1) is 19.6. The second-order valence-corrected chi connectivity index (χ2v) is 8.04. The fraction of sp³-hybridized carbons (Fsp3) is 0.632. The molecule has 1 saturated heterocycles. The van der Waals surface area contributed by atoms with E-state index in [1.165, 1.54) is 19.3 Å². The third-order valence-corrected chi connectivity index (χ3v) is 6.36. The third kappa shape index (κ3) is 4.96. The van der Waals surface area contributed by atoms with Gasteiger partial charge in [0.05, 0.1) is 19.0 Å². The van der Waals surface area contributed by atoms with Gasteiger partial charge >= 0.3 is 0 Å². The summed E-state index contributed by atoms with van der Waals surface area (Å²) in [6.07, 6.45) is 5.76. The van der Waals surface area contributed by atoms with Crippen LogP contribution in [0.25, 0.3) is 0 Å². The third-order valence-electron chi connectivity index (χ3n) is 5.33. The lowest BCUT2D eigenvalue weighted by Crippen LogP contribution is -2.59. The Kier molecular flexibility index (Phi) is 6.89. The van der Waals surface area contributed by atoms with Gasteiger partial charge in [-0.15, -0.1) is 11.8 Å². The van der Waals surface area contributed by atoms with Crippen LogP contribution in [0.2, 0.25) is 0 Å². The van der Waals surface area contributed by atoms with E-state index >= 15 is 0 Å². The van der Waals surface area contributed by atoms with Crippen LogP contribution in [0.5, 0.6) is 0 Å². The van der Waals surface area contributed by atoms with Crippen LogP contribution in [0.1, 0.15) is 32.1 Å². The molecule has 0 unspecified atom stereocenters. The molecule has 1 aromatic rings. The van der Waals surface area contributed by atoms with Crippen molar-refractivity contribution in [3.8, 4) is 0 Å². The quantitative estimate of drug-likeness (QED) is 0.765. The molecule has 26 heavy (non-hydrogen) atoms. The zero-order chi connectivity index (χ0) is 18.4. The molecule has 1 N–H and O–H groups in total. The van der Waals surface area contributed by atoms with Crippen LogP contribution in [0.4, 0.5) is 8.78 Å². The average molecular weight is 384 g/mol. The van der Waals surface area contributed by atoms with Gasteiger partial charge in [0.25, 0.3) is 0 Å². The summed E-state index contributed by atoms with van der Waals surface area (Å²) in [5.74, 6) is -1.06. The van der Waals surface area contributed by atoms with E-state index in [0.29, 0.717) is 6.54 Å². The van der Waals surface area contributed by atoms with Crippen LogP contribution in [-0.4, -0.2) is 54.9 Å². The van der Waals surface area contributed by atoms with Gasteiger partial charge in [0.2, 0.25) is 5.91 Å². The maximum atomic E-state index is 13.7. The summed E-state index contributed by atoms with van der Waals surface area (Å²) in [5.41, 5.74) is 0.00641. The highest BCUT2D eigenvalue weighted by Gasteiger charge is 2.38. The SMILES string of the molecule is O=C(CSc1cc(F)ccc1F)NCC1(N2CCOCC2)CCCCC1. The standard InChI is InChI=1S/C19H26F2N2O2S/c20-15-4-5-16(21)17(12-15)26-13-18(24)22-14-19(6-2-1-3-7-19)23-8-10-25-11-9-23/h4-5,12H,1-3,6-11,13-14H2,(H,22,24). The molecule has 0 atom stereocenters. The van der Waals surface area contributed by atoms with Gasteiger partial charge in [-0.05, 0) is 31.0 Å². The first-order valence-electron chi connectivity index (χ1n) is 9.26. The summed E-state index contributed by atoms with van der Waals surface area (Å²) in [7, 11) is 0. The van der Waals surface area contributed by atoms with Gasteiger partial charge in [-0.1, -0.05) is 19.3 Å². The molecule has 3 rings (SSSR count). The Morgan fingerprint density at radius 1 is 1.19 bits per heavy atom. The largest absolute Gasteiger partial charge is 0.379 e. The maximum Gasteiger partial charge on any atom is 0.230 e. The molecule has 1 heterocycles. The van der Waals surface area contributed by atoms with Gasteiger partial charge in [0, 0.05) is 30.1 Å². The average Bonchev–Trinajstić information content (AvgIpc) is 2.68. The van der Waals surface area contributed by atoms with E-state index in [1.54, 1.807) is 0 Å². The van der Waals surface area contributed by atoms with E-state index in [2.05, 4.69) is 10.2 Å². The molecule has 144 valence electrons. The zero-order valence-electron chi connectivity index (χ0n) is 14.9. The molecule has 1 aliphatic carbocycles. The number of nitrogens with zero attached hydrogens (tertiary/aromatic N) is 1. The molecule has 1 aromatic carbocycles. The number of hydrogen-bond acceptors (Lipinski definition) is 4. The van der Waals surface area contributed by atoms with Crippen molar-refractivity contribution in [3.63, 3.8) is 0 Å². The number of amides is 1. The molecule has 0 radical (unpaired) electrons. The monoisotopic (exact) mass is 384 g/mol. The van der Waals surface area contributed by atoms with Gasteiger partial charge in [-0.25, -0.2) is 8.78 Å². The summed E-state index contributed by atoms with van der Waals surface area (Å²) in [6, 6.07) is 3.29. The molecule has 2 aliphatic rings. The van der Waals surface area contributed by atoms with Crippen molar-refractivity contribution >= 4 is 17.7 Å². The maximum absolute atomic E-state index is 13.7. The lowest BCUT2D eigenvalue weighted by atomic mass is 9.79. The number of halogens is 2. The van der Waals surface area contributed by atoms with Crippen LogP contribution < -0.4 is 5.32 Å². The molecule has 4 nitrogen and oxygen atoms in total. The van der Waals surface area contributed by atoms with E-state index in [1.807, 2.05) is 0 Å². The van der Waals surface area contributed by atoms with Gasteiger partial charge < -0.3 is 10.1 Å². The van der Waals surface area contributed by atoms with Crippen molar-refractivity contribution in [1.82, 2.24) is 10.2 Å². The lowest BCUT2D eigenvalue weighted by molar-refractivity contribution is -0.119. The smallest absolute Gasteiger partial charge is 0.230 e. The summed E-state index contributed by atoms with van der Waals surface area (Å²) in [6.45, 7) is 3.89. The van der Waals surface area contributed by atoms with Crippen molar-refractivity contribution in [2.24, 2.45) is 0 Å². The summed E-state index contributed by atoms with van der Waals surface area (Å²) < 4.78 is 32.4. The van der Waals surface area contributed by atoms with Crippen LogP contribution in [-0.2, 0) is 9.53 Å². The molecule has 1 amide bonds. The highest BCUT2D eigenvalue weighted by atomic mass is 32.2. The van der Waals surface area contributed by atoms with Crippen molar-refractivity contribution < 1.29 is 18.3 Å². The predicted molar refractivity (Wildman–Crippen MR) is 98.3 cm³/mol. The number of carbonyl (C=O) groups is 1. The molecular weight excluding hydrogens is 358 g/mol. The first-order valence-corrected chi connectivity index (χ1v) is 10.2. The number of ether oxygens (including phenoxy) is 1. The number of benzene rings is 1. The number of morpholine rings is 1. The summed E-state index contributed by atoms with van der Waals surface area (Å²) >= 11 is 1.03. The highest BCUT2D eigenvalue weighted by molar-refractivity contribution is 8.00. The number of thioether (sulfide) groups is 1. The molecule has 1 aliphatic heterocycles. The van der Waals surface area contributed by atoms with Gasteiger partial charge in [-0.2, -0.15) is 0 Å². The fourth-order valence-corrected chi connectivity index (χ4v) is 4.69. The van der Waals surface area contributed by atoms with Crippen LogP contribution in [0.3, 0.4) is 0 Å². The number of rotatable bonds is 6. The Labute approximate surface area is 157 Å². The van der Waals surface area contributed by atoms with Gasteiger partial charge in [0.1, 0.15) is 11.6 Å². The normalized spacial score (nSPS) is 20.7. The lowest BCUT2D eigenvalue weighted by Gasteiger charge is -2.48. The van der Waals surface area contributed by atoms with E-state index in [0.717, 1.165) is 69.1 Å². The first-order chi connectivity index (χ1) is 12.6. The van der Waals surface area contributed by atoms with Crippen molar-refractivity contribution in [2.75, 3.05) is 38.6 Å². The Hall–Kier alpha value is -1.18. The summed E-state index contributed by atoms with van der Waals surface area (Å²) in [5, 5.41) is 3.04. The molecular formula is C19H26F2N2O2S. The Bertz CT molecular complexity index is 618. The predicted octanol–water partition coefficient (Wildman–Crippen LogP) is 3.21. The minimum Gasteiger partial charge on any atom is -0.379 e. The number of nitrogens with one attached hydrogen (secondary N) is 1. The van der Waals surface area contributed by atoms with E-state index in [9.17, 15) is 13.6 Å². The van der Waals surface area contributed by atoms with E-state index < -0.39 is 11.6 Å². The van der Waals surface area contributed by atoms with Crippen molar-refractivity contribution in [1.29, 1.82) is 0 Å². The summed E-state index contributed by atoms with van der Waals surface area (Å²) in [4.78, 5) is 14.9. The Morgan fingerprint density at radius 3 is 2.65 bits per heavy atom. The zero-order valence-corrected chi connectivity index (χ0v) is 15.8. The Balaban J connectivity index is 1.54. The van der Waals surface area contributed by atoms with Crippen LogP contribution >= 0.6 is 11.8 Å². The fourth-order valence-electron chi connectivity index (χ4n) is 3.90. The van der Waals surface area contributed by atoms with Gasteiger partial charge in [0.15, 0.2) is 0 Å². The number of hydrogen-bond donors (Lipinski definition) is 1. The van der Waals surface area contributed by atoms with Crippen molar-refractivity contribution in [2.45, 2.75) is 42.5 Å². The Morgan fingerprint density at radius 2 is 1.92 bits per heavy atom. The molecule has 0 spiro atoms. The van der Waals surface area contributed by atoms with E-state index in [-0.39, 0.29) is 22.1 Å². The topological polar surface area (TPSA) is 41.6 Å². The number of carbonyl (C=O) groups excluding carboxylic acids is 1. The molecule has 1 saturated carbocycles. The molecule has 7 heteroatoms.